The van der Waals surface area contributed by atoms with Crippen LogP contribution in [0, 0.1) is 0 Å². The molecule has 0 bridgehead atoms. The second-order valence-electron chi connectivity index (χ2n) is 7.35. The molecule has 9 nitrogen and oxygen atoms in total. The fourth-order valence-corrected chi connectivity index (χ4v) is 3.69. The number of carboxylic acids is 2. The van der Waals surface area contributed by atoms with Gasteiger partial charge in [-0.15, -0.1) is 0 Å². The van der Waals surface area contributed by atoms with Crippen molar-refractivity contribution < 1.29 is 34.1 Å². The third-order valence-electron chi connectivity index (χ3n) is 5.27. The number of H-pyrrole nitrogens is 1. The number of hydrogen-bond donors (Lipinski definition) is 4. The Morgan fingerprint density at radius 2 is 1.58 bits per heavy atom. The number of amides is 1. The molecule has 4 N–H and O–H groups in total. The average Bonchev–Trinajstić information content (AvgIpc) is 3.44. The van der Waals surface area contributed by atoms with Crippen molar-refractivity contribution in [1.29, 1.82) is 0 Å². The number of fused-ring (bicyclic) bond motifs is 2. The van der Waals surface area contributed by atoms with E-state index in [4.69, 9.17) is 4.42 Å². The predicted molar refractivity (Wildman–Crippen MR) is 116 cm³/mol. The number of aromatic hydroxyl groups is 1. The third-order valence-corrected chi connectivity index (χ3v) is 5.27. The van der Waals surface area contributed by atoms with Crippen LogP contribution in [0.3, 0.4) is 0 Å². The first kappa shape index (κ1) is 20.0. The molecule has 1 aliphatic heterocycles. The van der Waals surface area contributed by atoms with Crippen LogP contribution in [0.1, 0.15) is 26.3 Å². The van der Waals surface area contributed by atoms with Gasteiger partial charge in [0.15, 0.2) is 5.88 Å². The minimum Gasteiger partial charge on any atom is -0.494 e. The van der Waals surface area contributed by atoms with Crippen LogP contribution in [-0.2, 0) is 4.79 Å². The molecule has 0 aliphatic carbocycles. The van der Waals surface area contributed by atoms with Crippen molar-refractivity contribution in [2.45, 2.75) is 0 Å². The lowest BCUT2D eigenvalue weighted by Gasteiger charge is -1.95. The lowest BCUT2D eigenvalue weighted by molar-refractivity contribution is -0.112. The fourth-order valence-electron chi connectivity index (χ4n) is 3.69. The van der Waals surface area contributed by atoms with E-state index in [2.05, 4.69) is 9.98 Å². The zero-order valence-electron chi connectivity index (χ0n) is 16.7. The van der Waals surface area contributed by atoms with Gasteiger partial charge in [-0.25, -0.2) is 14.6 Å². The van der Waals surface area contributed by atoms with Crippen LogP contribution in [0.2, 0.25) is 0 Å². The average molecular weight is 442 g/mol. The van der Waals surface area contributed by atoms with E-state index in [0.717, 1.165) is 0 Å². The molecule has 0 fully saturated rings. The first-order chi connectivity index (χ1) is 15.8. The minimum absolute atomic E-state index is 0.0357. The molecule has 162 valence electrons. The van der Waals surface area contributed by atoms with Gasteiger partial charge in [-0.05, 0) is 60.7 Å². The van der Waals surface area contributed by atoms with E-state index in [-0.39, 0.29) is 22.6 Å². The molecule has 2 aromatic heterocycles. The number of aromatic amines is 1. The maximum absolute atomic E-state index is 12.3. The number of aromatic nitrogens is 1. The molecular weight excluding hydrogens is 428 g/mol. The van der Waals surface area contributed by atoms with E-state index >= 15 is 0 Å². The van der Waals surface area contributed by atoms with E-state index in [1.165, 1.54) is 36.4 Å². The molecule has 0 saturated heterocycles. The number of carbonyl (C=O) groups excluding carboxylic acids is 1. The largest absolute Gasteiger partial charge is 0.494 e. The molecule has 5 rings (SSSR count). The number of aromatic carboxylic acids is 2. The Kier molecular flexibility index (Phi) is 4.45. The van der Waals surface area contributed by atoms with Gasteiger partial charge in [-0.3, -0.25) is 4.79 Å². The molecule has 33 heavy (non-hydrogen) atoms. The monoisotopic (exact) mass is 442 g/mol. The number of nitrogens with zero attached hydrogens (tertiary/aromatic N) is 1. The summed E-state index contributed by atoms with van der Waals surface area (Å²) in [6.45, 7) is 0. The molecule has 2 aromatic carbocycles. The molecule has 0 radical (unpaired) electrons. The Bertz CT molecular complexity index is 1760. The maximum Gasteiger partial charge on any atom is 0.335 e. The van der Waals surface area contributed by atoms with Crippen molar-refractivity contribution >= 4 is 46.5 Å². The minimum atomic E-state index is -1.11. The number of nitrogens with one attached hydrogen (secondary N) is 1. The second kappa shape index (κ2) is 7.34. The van der Waals surface area contributed by atoms with Gasteiger partial charge in [-0.1, -0.05) is 0 Å². The van der Waals surface area contributed by atoms with E-state index < -0.39 is 17.8 Å². The molecule has 3 heterocycles. The molecule has 0 unspecified atom stereocenters. The highest BCUT2D eigenvalue weighted by Crippen LogP contribution is 2.28. The van der Waals surface area contributed by atoms with Crippen LogP contribution in [0.4, 0.5) is 0 Å². The highest BCUT2D eigenvalue weighted by molar-refractivity contribution is 6.25. The Hall–Kier alpha value is -4.92. The summed E-state index contributed by atoms with van der Waals surface area (Å²) in [5.41, 5.74) is 1.89. The topological polar surface area (TPSA) is 153 Å². The van der Waals surface area contributed by atoms with Crippen LogP contribution in [-0.4, -0.2) is 38.1 Å². The third kappa shape index (κ3) is 3.47. The molecule has 1 aliphatic rings. The Balaban J connectivity index is 1.63. The molecule has 9 heteroatoms. The number of carboxylic acid groups (broad SMARTS) is 2. The summed E-state index contributed by atoms with van der Waals surface area (Å²) in [7, 11) is 0. The number of furan rings is 1. The van der Waals surface area contributed by atoms with Gasteiger partial charge in [0.05, 0.1) is 22.1 Å². The van der Waals surface area contributed by atoms with E-state index in [9.17, 15) is 29.7 Å². The normalized spacial score (nSPS) is 14.1. The summed E-state index contributed by atoms with van der Waals surface area (Å²) in [6.07, 6.45) is 3.01. The van der Waals surface area contributed by atoms with Gasteiger partial charge in [0.1, 0.15) is 10.8 Å². The second-order valence-corrected chi connectivity index (χ2v) is 7.35. The zero-order chi connectivity index (χ0) is 23.3. The van der Waals surface area contributed by atoms with E-state index in [1.807, 2.05) is 0 Å². The number of hydrogen-bond acceptors (Lipinski definition) is 5. The quantitative estimate of drug-likeness (QED) is 0.359. The summed E-state index contributed by atoms with van der Waals surface area (Å²) >= 11 is 0. The lowest BCUT2D eigenvalue weighted by atomic mass is 10.1. The van der Waals surface area contributed by atoms with Crippen LogP contribution in [0.25, 0.3) is 28.6 Å². The number of carbonyl (C=O) groups is 3. The van der Waals surface area contributed by atoms with Gasteiger partial charge >= 0.3 is 11.9 Å². The first-order valence-electron chi connectivity index (χ1n) is 9.68. The van der Waals surface area contributed by atoms with Crippen LogP contribution >= 0.6 is 0 Å². The summed E-state index contributed by atoms with van der Waals surface area (Å²) in [5.74, 6) is -2.86. The summed E-state index contributed by atoms with van der Waals surface area (Å²) in [4.78, 5) is 41.6. The zero-order valence-corrected chi connectivity index (χ0v) is 16.7. The Morgan fingerprint density at radius 3 is 2.30 bits per heavy atom. The maximum atomic E-state index is 12.3. The van der Waals surface area contributed by atoms with Crippen molar-refractivity contribution in [3.05, 3.63) is 86.6 Å². The number of benzene rings is 2. The van der Waals surface area contributed by atoms with Gasteiger partial charge < -0.3 is 24.7 Å². The van der Waals surface area contributed by atoms with Crippen molar-refractivity contribution in [1.82, 2.24) is 4.98 Å². The van der Waals surface area contributed by atoms with Crippen molar-refractivity contribution in [2.24, 2.45) is 4.99 Å². The van der Waals surface area contributed by atoms with Crippen molar-refractivity contribution in [2.75, 3.05) is 0 Å². The van der Waals surface area contributed by atoms with Gasteiger partial charge in [-0.2, -0.15) is 0 Å². The van der Waals surface area contributed by atoms with Gasteiger partial charge in [0, 0.05) is 21.7 Å². The molecular formula is C24H14N2O7. The van der Waals surface area contributed by atoms with Gasteiger partial charge in [0.2, 0.25) is 0 Å². The summed E-state index contributed by atoms with van der Waals surface area (Å²) in [6, 6.07) is 11.9. The van der Waals surface area contributed by atoms with Crippen LogP contribution < -0.4 is 21.4 Å². The van der Waals surface area contributed by atoms with Crippen molar-refractivity contribution in [3.63, 3.8) is 0 Å². The van der Waals surface area contributed by atoms with Crippen LogP contribution in [0.15, 0.2) is 57.9 Å². The molecule has 4 aromatic rings. The Morgan fingerprint density at radius 1 is 0.909 bits per heavy atom. The fraction of sp³-hybridized carbons (Fsp3) is 0. The predicted octanol–water partition coefficient (Wildman–Crippen LogP) is 0.483. The first-order valence-corrected chi connectivity index (χ1v) is 9.68. The molecule has 0 spiro atoms. The van der Waals surface area contributed by atoms with Crippen LogP contribution in [0.5, 0.6) is 5.88 Å². The van der Waals surface area contributed by atoms with E-state index in [1.54, 1.807) is 24.3 Å². The highest BCUT2D eigenvalue weighted by atomic mass is 16.4. The number of rotatable bonds is 4. The summed E-state index contributed by atoms with van der Waals surface area (Å²) < 4.78 is 5.76. The van der Waals surface area contributed by atoms with Gasteiger partial charge in [0.25, 0.3) is 5.91 Å². The highest BCUT2D eigenvalue weighted by Gasteiger charge is 2.16. The molecule has 0 atom stereocenters. The van der Waals surface area contributed by atoms with Crippen molar-refractivity contribution in [3.8, 4) is 5.88 Å². The van der Waals surface area contributed by atoms with E-state index in [0.29, 0.717) is 37.9 Å². The SMILES string of the molecule is O=C1N=c2ccc(C(=O)O)cc2=C1/C=c1\cc/c(=C/c2c(O)[nH]c3ccc(C(=O)O)cc23)o1. The summed E-state index contributed by atoms with van der Waals surface area (Å²) in [5, 5.41) is 30.0. The smallest absolute Gasteiger partial charge is 0.335 e. The molecule has 1 amide bonds. The molecule has 0 saturated carbocycles. The Labute approximate surface area is 183 Å². The lowest BCUT2D eigenvalue weighted by Crippen LogP contribution is -2.24. The standard InChI is InChI=1S/C24H14N2O7/c27-21-17(15-7-11(23(29)30)1-5-19(15)25-21)9-13-3-4-14(33-13)10-18-16-8-12(24(31)32)2-6-20(16)26-22(18)28/h1-10,25,27H,(H,29,30)(H,31,32)/b13-9-,14-10+.